The molecule has 0 atom stereocenters. The maximum absolute atomic E-state index is 12.4. The van der Waals surface area contributed by atoms with Crippen molar-refractivity contribution < 1.29 is 8.42 Å². The van der Waals surface area contributed by atoms with E-state index < -0.39 is 10.0 Å². The number of aromatic nitrogens is 1. The summed E-state index contributed by atoms with van der Waals surface area (Å²) in [6.45, 7) is 8.17. The fourth-order valence-electron chi connectivity index (χ4n) is 2.08. The van der Waals surface area contributed by atoms with Gasteiger partial charge in [0, 0.05) is 6.04 Å². The zero-order chi connectivity index (χ0) is 17.0. The molecule has 0 saturated carbocycles. The van der Waals surface area contributed by atoms with Crippen molar-refractivity contribution in [2.45, 2.75) is 44.6 Å². The number of rotatable bonds is 6. The molecule has 1 heterocycles. The summed E-state index contributed by atoms with van der Waals surface area (Å²) in [5.74, 6) is 1.08. The van der Waals surface area contributed by atoms with Crippen LogP contribution in [0.2, 0.25) is 0 Å². The minimum absolute atomic E-state index is 0.242. The number of hydrogen-bond acceptors (Lipinski definition) is 4. The minimum Gasteiger partial charge on any atom is -0.368 e. The SMILES string of the molecule is CC(C)Nc1ccc(NS(=O)(=O)c2ccc(C(C)C)cc2)cn1. The zero-order valence-electron chi connectivity index (χ0n) is 13.9. The average molecular weight is 333 g/mol. The van der Waals surface area contributed by atoms with Crippen molar-refractivity contribution in [2.75, 3.05) is 10.0 Å². The van der Waals surface area contributed by atoms with Crippen LogP contribution in [-0.2, 0) is 10.0 Å². The molecular weight excluding hydrogens is 310 g/mol. The highest BCUT2D eigenvalue weighted by Gasteiger charge is 2.14. The van der Waals surface area contributed by atoms with Crippen LogP contribution in [0.15, 0.2) is 47.5 Å². The van der Waals surface area contributed by atoms with Gasteiger partial charge in [0.15, 0.2) is 0 Å². The summed E-state index contributed by atoms with van der Waals surface area (Å²) < 4.78 is 27.3. The number of sulfonamides is 1. The quantitative estimate of drug-likeness (QED) is 0.843. The molecule has 1 aromatic heterocycles. The highest BCUT2D eigenvalue weighted by atomic mass is 32.2. The molecule has 0 saturated heterocycles. The van der Waals surface area contributed by atoms with Gasteiger partial charge in [-0.15, -0.1) is 0 Å². The smallest absolute Gasteiger partial charge is 0.261 e. The van der Waals surface area contributed by atoms with E-state index in [1.807, 2.05) is 26.0 Å². The molecule has 23 heavy (non-hydrogen) atoms. The molecule has 0 unspecified atom stereocenters. The molecule has 0 radical (unpaired) electrons. The molecule has 2 N–H and O–H groups in total. The summed E-state index contributed by atoms with van der Waals surface area (Å²) in [5, 5.41) is 3.15. The van der Waals surface area contributed by atoms with Gasteiger partial charge < -0.3 is 5.32 Å². The van der Waals surface area contributed by atoms with E-state index in [0.29, 0.717) is 17.4 Å². The normalized spacial score (nSPS) is 11.7. The van der Waals surface area contributed by atoms with Crippen LogP contribution in [-0.4, -0.2) is 19.4 Å². The maximum atomic E-state index is 12.4. The molecule has 124 valence electrons. The van der Waals surface area contributed by atoms with Crippen LogP contribution in [0.3, 0.4) is 0 Å². The summed E-state index contributed by atoms with van der Waals surface area (Å²) in [5.41, 5.74) is 1.54. The zero-order valence-corrected chi connectivity index (χ0v) is 14.7. The molecule has 1 aromatic carbocycles. The van der Waals surface area contributed by atoms with E-state index in [0.717, 1.165) is 5.56 Å². The summed E-state index contributed by atoms with van der Waals surface area (Å²) in [7, 11) is -3.60. The number of hydrogen-bond donors (Lipinski definition) is 2. The van der Waals surface area contributed by atoms with Crippen LogP contribution in [0, 0.1) is 0 Å². The van der Waals surface area contributed by atoms with Gasteiger partial charge in [0.05, 0.1) is 16.8 Å². The topological polar surface area (TPSA) is 71.1 Å². The van der Waals surface area contributed by atoms with Gasteiger partial charge in [-0.3, -0.25) is 4.72 Å². The molecule has 5 nitrogen and oxygen atoms in total. The Morgan fingerprint density at radius 2 is 1.61 bits per heavy atom. The standard InChI is InChI=1S/C17H23N3O2S/c1-12(2)14-5-8-16(9-6-14)23(21,22)20-15-7-10-17(18-11-15)19-13(3)4/h5-13,20H,1-4H3,(H,18,19). The fraction of sp³-hybridized carbons (Fsp3) is 0.353. The van der Waals surface area contributed by atoms with Gasteiger partial charge in [-0.25, -0.2) is 13.4 Å². The monoisotopic (exact) mass is 333 g/mol. The van der Waals surface area contributed by atoms with Crippen LogP contribution in [0.25, 0.3) is 0 Å². The predicted molar refractivity (Wildman–Crippen MR) is 94.3 cm³/mol. The fourth-order valence-corrected chi connectivity index (χ4v) is 3.12. The molecule has 0 aliphatic rings. The van der Waals surface area contributed by atoms with Crippen molar-refractivity contribution in [3.05, 3.63) is 48.2 Å². The second-order valence-corrected chi connectivity index (χ2v) is 7.74. The lowest BCUT2D eigenvalue weighted by Crippen LogP contribution is -2.14. The molecule has 0 spiro atoms. The van der Waals surface area contributed by atoms with Gasteiger partial charge in [-0.1, -0.05) is 26.0 Å². The first-order valence-electron chi connectivity index (χ1n) is 7.63. The second kappa shape index (κ2) is 7.00. The molecule has 0 fully saturated rings. The van der Waals surface area contributed by atoms with Crippen LogP contribution in [0.4, 0.5) is 11.5 Å². The molecule has 0 bridgehead atoms. The molecule has 0 aliphatic carbocycles. The number of benzene rings is 1. The highest BCUT2D eigenvalue weighted by molar-refractivity contribution is 7.92. The second-order valence-electron chi connectivity index (χ2n) is 6.06. The molecule has 2 aromatic rings. The number of anilines is 2. The van der Waals surface area contributed by atoms with E-state index >= 15 is 0 Å². The maximum Gasteiger partial charge on any atom is 0.261 e. The third-order valence-corrected chi connectivity index (χ3v) is 4.71. The largest absolute Gasteiger partial charge is 0.368 e. The third kappa shape index (κ3) is 4.69. The molecular formula is C17H23N3O2S. The van der Waals surface area contributed by atoms with Gasteiger partial charge >= 0.3 is 0 Å². The number of pyridine rings is 1. The van der Waals surface area contributed by atoms with Crippen LogP contribution >= 0.6 is 0 Å². The van der Waals surface area contributed by atoms with Crippen molar-refractivity contribution in [3.8, 4) is 0 Å². The first-order valence-corrected chi connectivity index (χ1v) is 9.11. The molecule has 0 amide bonds. The lowest BCUT2D eigenvalue weighted by molar-refractivity contribution is 0.601. The number of nitrogens with one attached hydrogen (secondary N) is 2. The van der Waals surface area contributed by atoms with Crippen molar-refractivity contribution >= 4 is 21.5 Å². The minimum atomic E-state index is -3.60. The summed E-state index contributed by atoms with van der Waals surface area (Å²) in [6, 6.07) is 10.6. The molecule has 6 heteroatoms. The Bertz CT molecular complexity index is 736. The van der Waals surface area contributed by atoms with Crippen LogP contribution in [0.5, 0.6) is 0 Å². The van der Waals surface area contributed by atoms with Gasteiger partial charge in [-0.05, 0) is 49.6 Å². The van der Waals surface area contributed by atoms with E-state index in [2.05, 4.69) is 28.9 Å². The average Bonchev–Trinajstić information content (AvgIpc) is 2.48. The molecule has 2 rings (SSSR count). The Kier molecular flexibility index (Phi) is 5.26. The van der Waals surface area contributed by atoms with E-state index in [1.54, 1.807) is 24.3 Å². The number of nitrogens with zero attached hydrogens (tertiary/aromatic N) is 1. The lowest BCUT2D eigenvalue weighted by Gasteiger charge is -2.11. The third-order valence-electron chi connectivity index (χ3n) is 3.31. The lowest BCUT2D eigenvalue weighted by atomic mass is 10.0. The Morgan fingerprint density at radius 1 is 0.957 bits per heavy atom. The van der Waals surface area contributed by atoms with Gasteiger partial charge in [0.25, 0.3) is 10.0 Å². The Labute approximate surface area is 138 Å². The summed E-state index contributed by atoms with van der Waals surface area (Å²) in [6.07, 6.45) is 1.50. The van der Waals surface area contributed by atoms with Crippen LogP contribution < -0.4 is 10.0 Å². The van der Waals surface area contributed by atoms with E-state index in [4.69, 9.17) is 0 Å². The molecule has 0 aliphatic heterocycles. The highest BCUT2D eigenvalue weighted by Crippen LogP contribution is 2.20. The van der Waals surface area contributed by atoms with Crippen LogP contribution in [0.1, 0.15) is 39.2 Å². The van der Waals surface area contributed by atoms with Gasteiger partial charge in [-0.2, -0.15) is 0 Å². The first-order chi connectivity index (χ1) is 10.8. The Hall–Kier alpha value is -2.08. The first kappa shape index (κ1) is 17.3. The van der Waals surface area contributed by atoms with E-state index in [1.165, 1.54) is 6.20 Å². The van der Waals surface area contributed by atoms with Crippen molar-refractivity contribution in [1.82, 2.24) is 4.98 Å². The van der Waals surface area contributed by atoms with Crippen molar-refractivity contribution in [2.24, 2.45) is 0 Å². The van der Waals surface area contributed by atoms with Gasteiger partial charge in [0.1, 0.15) is 5.82 Å². The Balaban J connectivity index is 2.14. The van der Waals surface area contributed by atoms with Crippen molar-refractivity contribution in [1.29, 1.82) is 0 Å². The van der Waals surface area contributed by atoms with Crippen molar-refractivity contribution in [3.63, 3.8) is 0 Å². The van der Waals surface area contributed by atoms with E-state index in [9.17, 15) is 8.42 Å². The Morgan fingerprint density at radius 3 is 2.09 bits per heavy atom. The predicted octanol–water partition coefficient (Wildman–Crippen LogP) is 3.83. The summed E-state index contributed by atoms with van der Waals surface area (Å²) in [4.78, 5) is 4.44. The van der Waals surface area contributed by atoms with E-state index in [-0.39, 0.29) is 10.9 Å². The van der Waals surface area contributed by atoms with Gasteiger partial charge in [0.2, 0.25) is 0 Å². The summed E-state index contributed by atoms with van der Waals surface area (Å²) >= 11 is 0.